The summed E-state index contributed by atoms with van der Waals surface area (Å²) in [6, 6.07) is 7.41. The molecule has 1 amide bonds. The van der Waals surface area contributed by atoms with Crippen molar-refractivity contribution in [3.63, 3.8) is 0 Å². The van der Waals surface area contributed by atoms with Crippen LogP contribution in [0.25, 0.3) is 0 Å². The third kappa shape index (κ3) is 5.91. The molecule has 2 aromatic carbocycles. The molecule has 1 atom stereocenters. The number of halogens is 2. The molecule has 188 valence electrons. The van der Waals surface area contributed by atoms with Gasteiger partial charge in [-0.1, -0.05) is 23.7 Å². The Morgan fingerprint density at radius 1 is 1.17 bits per heavy atom. The predicted molar refractivity (Wildman–Crippen MR) is 131 cm³/mol. The second-order valence-corrected chi connectivity index (χ2v) is 11.5. The molecule has 2 N–H and O–H groups in total. The molecule has 2 heterocycles. The van der Waals surface area contributed by atoms with Crippen molar-refractivity contribution in [3.05, 3.63) is 58.4 Å². The normalized spacial score (nSPS) is 20.4. The minimum Gasteiger partial charge on any atom is -0.381 e. The number of rotatable bonds is 7. The lowest BCUT2D eigenvalue weighted by Gasteiger charge is -2.25. The van der Waals surface area contributed by atoms with Crippen LogP contribution in [0.4, 0.5) is 10.1 Å². The lowest BCUT2D eigenvalue weighted by molar-refractivity contribution is -0.119. The zero-order valence-electron chi connectivity index (χ0n) is 19.2. The first-order valence-electron chi connectivity index (χ1n) is 11.6. The molecule has 0 radical (unpaired) electrons. The highest BCUT2D eigenvalue weighted by molar-refractivity contribution is 7.91. The SMILES string of the molecule is N[C@H]1CS(=O)(=O)c2cc(F)c(C(=O)CCCC3CCOCC3)cc2N(Cc2ccc(Cl)cc2)C1=O. The summed E-state index contributed by atoms with van der Waals surface area (Å²) in [4.78, 5) is 26.9. The van der Waals surface area contributed by atoms with Crippen LogP contribution < -0.4 is 10.6 Å². The van der Waals surface area contributed by atoms with Crippen LogP contribution in [0.3, 0.4) is 0 Å². The van der Waals surface area contributed by atoms with Crippen LogP contribution in [0.5, 0.6) is 0 Å². The summed E-state index contributed by atoms with van der Waals surface area (Å²) in [5.74, 6) is -2.13. The van der Waals surface area contributed by atoms with Crippen molar-refractivity contribution in [1.29, 1.82) is 0 Å². The average Bonchev–Trinajstić information content (AvgIpc) is 2.89. The van der Waals surface area contributed by atoms with Crippen molar-refractivity contribution in [3.8, 4) is 0 Å². The number of amides is 1. The largest absolute Gasteiger partial charge is 0.381 e. The minimum atomic E-state index is -4.06. The molecule has 2 aliphatic heterocycles. The zero-order valence-corrected chi connectivity index (χ0v) is 20.8. The van der Waals surface area contributed by atoms with E-state index >= 15 is 4.39 Å². The van der Waals surface area contributed by atoms with E-state index in [4.69, 9.17) is 22.1 Å². The summed E-state index contributed by atoms with van der Waals surface area (Å²) in [6.45, 7) is 1.42. The van der Waals surface area contributed by atoms with Gasteiger partial charge in [0.15, 0.2) is 15.6 Å². The molecular formula is C25H28ClFN2O5S. The number of nitrogens with zero attached hydrogens (tertiary/aromatic N) is 1. The van der Waals surface area contributed by atoms with Crippen molar-refractivity contribution in [1.82, 2.24) is 0 Å². The highest BCUT2D eigenvalue weighted by Gasteiger charge is 2.37. The first-order valence-corrected chi connectivity index (χ1v) is 13.7. The molecule has 2 aromatic rings. The third-order valence-electron chi connectivity index (χ3n) is 6.57. The quantitative estimate of drug-likeness (QED) is 0.552. The minimum absolute atomic E-state index is 0.00473. The van der Waals surface area contributed by atoms with Gasteiger partial charge in [-0.2, -0.15) is 0 Å². The number of hydrogen-bond acceptors (Lipinski definition) is 6. The molecular weight excluding hydrogens is 495 g/mol. The maximum atomic E-state index is 15.0. The van der Waals surface area contributed by atoms with Gasteiger partial charge in [-0.3, -0.25) is 9.59 Å². The number of carbonyl (C=O) groups excluding carboxylic acids is 2. The Morgan fingerprint density at radius 3 is 2.54 bits per heavy atom. The summed E-state index contributed by atoms with van der Waals surface area (Å²) in [7, 11) is -4.06. The molecule has 0 saturated carbocycles. The van der Waals surface area contributed by atoms with E-state index in [1.165, 1.54) is 11.0 Å². The van der Waals surface area contributed by atoms with Gasteiger partial charge in [0.25, 0.3) is 0 Å². The average molecular weight is 523 g/mol. The summed E-state index contributed by atoms with van der Waals surface area (Å²) >= 11 is 5.95. The fourth-order valence-electron chi connectivity index (χ4n) is 4.59. The van der Waals surface area contributed by atoms with Crippen molar-refractivity contribution >= 4 is 38.8 Å². The topological polar surface area (TPSA) is 107 Å². The molecule has 1 saturated heterocycles. The number of nitrogens with two attached hydrogens (primary N) is 1. The number of fused-ring (bicyclic) bond motifs is 1. The highest BCUT2D eigenvalue weighted by Crippen LogP contribution is 2.34. The Balaban J connectivity index is 1.65. The van der Waals surface area contributed by atoms with Gasteiger partial charge in [0.05, 0.1) is 34.5 Å². The smallest absolute Gasteiger partial charge is 0.245 e. The molecule has 0 bridgehead atoms. The Bertz CT molecular complexity index is 1210. The second-order valence-electron chi connectivity index (χ2n) is 9.11. The third-order valence-corrected chi connectivity index (χ3v) is 8.62. The molecule has 0 aliphatic carbocycles. The molecule has 2 aliphatic rings. The van der Waals surface area contributed by atoms with Gasteiger partial charge in [-0.25, -0.2) is 12.8 Å². The summed E-state index contributed by atoms with van der Waals surface area (Å²) in [5.41, 5.74) is 6.33. The van der Waals surface area contributed by atoms with Crippen LogP contribution in [0.1, 0.15) is 48.0 Å². The maximum Gasteiger partial charge on any atom is 0.245 e. The lowest BCUT2D eigenvalue weighted by Crippen LogP contribution is -2.45. The van der Waals surface area contributed by atoms with Crippen LogP contribution >= 0.6 is 11.6 Å². The Hall–Kier alpha value is -2.33. The summed E-state index contributed by atoms with van der Waals surface area (Å²) < 4.78 is 46.2. The van der Waals surface area contributed by atoms with E-state index in [-0.39, 0.29) is 29.1 Å². The van der Waals surface area contributed by atoms with Crippen molar-refractivity contribution in [2.75, 3.05) is 23.9 Å². The Kier molecular flexibility index (Phi) is 7.90. The van der Waals surface area contributed by atoms with Crippen LogP contribution in [0.15, 0.2) is 41.3 Å². The van der Waals surface area contributed by atoms with Gasteiger partial charge in [0.1, 0.15) is 5.82 Å². The number of ether oxygens (including phenoxy) is 1. The highest BCUT2D eigenvalue weighted by atomic mass is 35.5. The molecule has 0 unspecified atom stereocenters. The Labute approximate surface area is 209 Å². The molecule has 1 fully saturated rings. The summed E-state index contributed by atoms with van der Waals surface area (Å²) in [5, 5.41) is 0.506. The van der Waals surface area contributed by atoms with Gasteiger partial charge in [-0.05, 0) is 61.4 Å². The van der Waals surface area contributed by atoms with E-state index in [1.807, 2.05) is 0 Å². The number of sulfone groups is 1. The van der Waals surface area contributed by atoms with E-state index in [0.29, 0.717) is 36.1 Å². The van der Waals surface area contributed by atoms with E-state index in [0.717, 1.165) is 25.3 Å². The van der Waals surface area contributed by atoms with Gasteiger partial charge in [-0.15, -0.1) is 0 Å². The van der Waals surface area contributed by atoms with Crippen LogP contribution in [-0.2, 0) is 25.9 Å². The number of benzene rings is 2. The first kappa shape index (κ1) is 25.8. The van der Waals surface area contributed by atoms with Gasteiger partial charge in [0.2, 0.25) is 5.91 Å². The second kappa shape index (κ2) is 10.7. The molecule has 0 aromatic heterocycles. The van der Waals surface area contributed by atoms with E-state index in [9.17, 15) is 18.0 Å². The Morgan fingerprint density at radius 2 is 1.86 bits per heavy atom. The van der Waals surface area contributed by atoms with Crippen LogP contribution in [0, 0.1) is 11.7 Å². The lowest BCUT2D eigenvalue weighted by atomic mass is 9.93. The zero-order chi connectivity index (χ0) is 25.2. The van der Waals surface area contributed by atoms with Crippen molar-refractivity contribution in [2.45, 2.75) is 49.6 Å². The van der Waals surface area contributed by atoms with Crippen molar-refractivity contribution in [2.24, 2.45) is 11.7 Å². The fourth-order valence-corrected chi connectivity index (χ4v) is 6.28. The standard InChI is InChI=1S/C25H28ClFN2O5S/c26-18-6-4-17(5-7-18)14-29-22-12-19(23(30)3-1-2-16-8-10-34-11-9-16)20(27)13-24(22)35(32,33)15-21(28)25(29)31/h4-7,12-13,16,21H,1-3,8-11,14-15,28H2/t21-/m0/s1. The van der Waals surface area contributed by atoms with E-state index < -0.39 is 39.1 Å². The van der Waals surface area contributed by atoms with Crippen LogP contribution in [-0.4, -0.2) is 45.1 Å². The molecule has 4 rings (SSSR count). The van der Waals surface area contributed by atoms with Crippen LogP contribution in [0.2, 0.25) is 5.02 Å². The number of carbonyl (C=O) groups is 2. The van der Waals surface area contributed by atoms with Crippen molar-refractivity contribution < 1.29 is 27.1 Å². The number of Topliss-reactive ketones (excluding diaryl/α,β-unsaturated/α-hetero) is 1. The summed E-state index contributed by atoms with van der Waals surface area (Å²) in [6.07, 6.45) is 3.45. The number of ketones is 1. The predicted octanol–water partition coefficient (Wildman–Crippen LogP) is 3.91. The van der Waals surface area contributed by atoms with Gasteiger partial charge >= 0.3 is 0 Å². The monoisotopic (exact) mass is 522 g/mol. The first-order chi connectivity index (χ1) is 16.7. The molecule has 0 spiro atoms. The number of anilines is 1. The van der Waals surface area contributed by atoms with Gasteiger partial charge < -0.3 is 15.4 Å². The molecule has 7 nitrogen and oxygen atoms in total. The van der Waals surface area contributed by atoms with E-state index in [1.54, 1.807) is 24.3 Å². The molecule has 10 heteroatoms. The fraction of sp³-hybridized carbons (Fsp3) is 0.440. The van der Waals surface area contributed by atoms with Gasteiger partial charge in [0, 0.05) is 24.7 Å². The number of hydrogen-bond donors (Lipinski definition) is 1. The molecule has 35 heavy (non-hydrogen) atoms. The maximum absolute atomic E-state index is 15.0. The van der Waals surface area contributed by atoms with E-state index in [2.05, 4.69) is 0 Å².